The Hall–Kier alpha value is -2.02. The summed E-state index contributed by atoms with van der Waals surface area (Å²) in [5, 5.41) is 12.1. The zero-order valence-corrected chi connectivity index (χ0v) is 12.1. The van der Waals surface area contributed by atoms with Gasteiger partial charge in [0.15, 0.2) is 28.2 Å². The van der Waals surface area contributed by atoms with Crippen LogP contribution in [0.2, 0.25) is 5.15 Å². The number of carbonyl (C=O) groups is 1. The molecule has 0 bridgehead atoms. The largest absolute Gasteiger partial charge is 0.476 e. The van der Waals surface area contributed by atoms with Gasteiger partial charge in [0.25, 0.3) is 0 Å². The first-order valence-corrected chi connectivity index (χ1v) is 6.29. The molecule has 0 aliphatic carbocycles. The zero-order valence-electron chi connectivity index (χ0n) is 11.3. The highest BCUT2D eigenvalue weighted by Gasteiger charge is 2.30. The van der Waals surface area contributed by atoms with Gasteiger partial charge in [-0.05, 0) is 13.0 Å². The van der Waals surface area contributed by atoms with Crippen molar-refractivity contribution < 1.29 is 14.6 Å². The van der Waals surface area contributed by atoms with Crippen molar-refractivity contribution in [1.29, 1.82) is 0 Å². The van der Waals surface area contributed by atoms with Crippen LogP contribution in [0.1, 0.15) is 23.8 Å². The van der Waals surface area contributed by atoms with Crippen LogP contribution in [0.4, 0.5) is 11.6 Å². The molecule has 0 aromatic carbocycles. The number of nitrogens with zero attached hydrogens (tertiary/aromatic N) is 3. The minimum atomic E-state index is -1.18. The molecule has 2 N–H and O–H groups in total. The third-order valence-electron chi connectivity index (χ3n) is 2.78. The molecule has 2 heterocycles. The van der Waals surface area contributed by atoms with E-state index in [2.05, 4.69) is 15.3 Å². The SMILES string of the molecule is CN(C)c1nc(NC2(C)CC=CO2)c(Cl)nc1C(=O)O. The van der Waals surface area contributed by atoms with Crippen LogP contribution in [0, 0.1) is 0 Å². The third kappa shape index (κ3) is 2.77. The summed E-state index contributed by atoms with van der Waals surface area (Å²) < 4.78 is 5.43. The first-order chi connectivity index (χ1) is 9.32. The molecule has 0 saturated carbocycles. The van der Waals surface area contributed by atoms with Crippen LogP contribution >= 0.6 is 11.6 Å². The lowest BCUT2D eigenvalue weighted by molar-refractivity contribution is 0.0691. The second-order valence-electron chi connectivity index (χ2n) is 4.78. The van der Waals surface area contributed by atoms with Crippen LogP contribution in [0.25, 0.3) is 0 Å². The van der Waals surface area contributed by atoms with E-state index < -0.39 is 11.7 Å². The van der Waals surface area contributed by atoms with Gasteiger partial charge in [0.05, 0.1) is 6.26 Å². The molecule has 0 radical (unpaired) electrons. The Morgan fingerprint density at radius 1 is 1.55 bits per heavy atom. The van der Waals surface area contributed by atoms with Crippen molar-refractivity contribution in [2.24, 2.45) is 0 Å². The smallest absolute Gasteiger partial charge is 0.358 e. The topological polar surface area (TPSA) is 87.6 Å². The van der Waals surface area contributed by atoms with Crippen molar-refractivity contribution in [3.05, 3.63) is 23.2 Å². The van der Waals surface area contributed by atoms with E-state index in [9.17, 15) is 4.79 Å². The van der Waals surface area contributed by atoms with Gasteiger partial charge in [-0.1, -0.05) is 11.6 Å². The van der Waals surface area contributed by atoms with Gasteiger partial charge in [-0.25, -0.2) is 14.8 Å². The summed E-state index contributed by atoms with van der Waals surface area (Å²) in [4.78, 5) is 20.8. The molecule has 1 unspecified atom stereocenters. The second kappa shape index (κ2) is 5.16. The number of carboxylic acid groups (broad SMARTS) is 1. The van der Waals surface area contributed by atoms with Crippen molar-refractivity contribution >= 4 is 29.2 Å². The van der Waals surface area contributed by atoms with Crippen LogP contribution in [-0.4, -0.2) is 40.9 Å². The van der Waals surface area contributed by atoms with Gasteiger partial charge < -0.3 is 20.1 Å². The molecule has 108 valence electrons. The lowest BCUT2D eigenvalue weighted by atomic mass is 10.2. The van der Waals surface area contributed by atoms with E-state index in [0.29, 0.717) is 6.42 Å². The summed E-state index contributed by atoms with van der Waals surface area (Å²) in [6.07, 6.45) is 4.10. The number of nitrogens with one attached hydrogen (secondary N) is 1. The standard InChI is InChI=1S/C12H15ClN4O3/c1-12(5-4-6-20-12)16-9-8(13)14-7(11(18)19)10(15-9)17(2)3/h4,6H,5H2,1-3H3,(H,15,16)(H,18,19). The van der Waals surface area contributed by atoms with E-state index in [4.69, 9.17) is 21.4 Å². The van der Waals surface area contributed by atoms with Crippen LogP contribution in [-0.2, 0) is 4.74 Å². The molecule has 1 aliphatic rings. The predicted molar refractivity (Wildman–Crippen MR) is 75.2 cm³/mol. The van der Waals surface area contributed by atoms with Gasteiger partial charge >= 0.3 is 5.97 Å². The summed E-state index contributed by atoms with van der Waals surface area (Å²) in [5.74, 6) is -0.676. The van der Waals surface area contributed by atoms with Crippen molar-refractivity contribution in [2.45, 2.75) is 19.1 Å². The Morgan fingerprint density at radius 3 is 2.75 bits per heavy atom. The molecule has 2 rings (SSSR count). The van der Waals surface area contributed by atoms with E-state index in [0.717, 1.165) is 0 Å². The number of ether oxygens (including phenoxy) is 1. The molecular weight excluding hydrogens is 284 g/mol. The summed E-state index contributed by atoms with van der Waals surface area (Å²) in [6.45, 7) is 1.84. The predicted octanol–water partition coefficient (Wildman–Crippen LogP) is 1.96. The summed E-state index contributed by atoms with van der Waals surface area (Å²) in [7, 11) is 3.37. The lowest BCUT2D eigenvalue weighted by Gasteiger charge is -2.26. The Bertz CT molecular complexity index is 566. The summed E-state index contributed by atoms with van der Waals surface area (Å²) in [6, 6.07) is 0. The number of aromatic nitrogens is 2. The number of hydrogen-bond donors (Lipinski definition) is 2. The fourth-order valence-electron chi connectivity index (χ4n) is 1.79. The van der Waals surface area contributed by atoms with Crippen LogP contribution in [0.15, 0.2) is 12.3 Å². The summed E-state index contributed by atoms with van der Waals surface area (Å²) in [5.41, 5.74) is -0.853. The molecule has 1 aromatic heterocycles. The highest BCUT2D eigenvalue weighted by molar-refractivity contribution is 6.32. The molecule has 1 aromatic rings. The Kier molecular flexibility index (Phi) is 3.71. The molecule has 8 heteroatoms. The number of anilines is 2. The maximum atomic E-state index is 11.2. The van der Waals surface area contributed by atoms with Gasteiger partial charge in [-0.2, -0.15) is 0 Å². The van der Waals surface area contributed by atoms with Crippen molar-refractivity contribution in [2.75, 3.05) is 24.3 Å². The fraction of sp³-hybridized carbons (Fsp3) is 0.417. The van der Waals surface area contributed by atoms with Gasteiger partial charge in [0, 0.05) is 20.5 Å². The highest BCUT2D eigenvalue weighted by Crippen LogP contribution is 2.29. The average Bonchev–Trinajstić information content (AvgIpc) is 2.77. The van der Waals surface area contributed by atoms with Crippen molar-refractivity contribution in [3.63, 3.8) is 0 Å². The number of aromatic carboxylic acids is 1. The monoisotopic (exact) mass is 298 g/mol. The van der Waals surface area contributed by atoms with E-state index in [1.807, 2.05) is 13.0 Å². The number of carboxylic acids is 1. The van der Waals surface area contributed by atoms with Crippen LogP contribution < -0.4 is 10.2 Å². The van der Waals surface area contributed by atoms with Crippen LogP contribution in [0.5, 0.6) is 0 Å². The average molecular weight is 299 g/mol. The first-order valence-electron chi connectivity index (χ1n) is 5.91. The molecule has 7 nitrogen and oxygen atoms in total. The van der Waals surface area contributed by atoms with Gasteiger partial charge in [-0.3, -0.25) is 0 Å². The minimum Gasteiger partial charge on any atom is -0.476 e. The van der Waals surface area contributed by atoms with Crippen molar-refractivity contribution in [1.82, 2.24) is 9.97 Å². The van der Waals surface area contributed by atoms with E-state index >= 15 is 0 Å². The quantitative estimate of drug-likeness (QED) is 0.878. The molecule has 0 fully saturated rings. The van der Waals surface area contributed by atoms with Gasteiger partial charge in [0.2, 0.25) is 0 Å². The van der Waals surface area contributed by atoms with E-state index in [1.165, 1.54) is 0 Å². The van der Waals surface area contributed by atoms with Crippen molar-refractivity contribution in [3.8, 4) is 0 Å². The van der Waals surface area contributed by atoms with Gasteiger partial charge in [-0.15, -0.1) is 0 Å². The number of hydrogen-bond acceptors (Lipinski definition) is 6. The van der Waals surface area contributed by atoms with Crippen LogP contribution in [0.3, 0.4) is 0 Å². The normalized spacial score (nSPS) is 20.6. The Morgan fingerprint density at radius 2 is 2.25 bits per heavy atom. The van der Waals surface area contributed by atoms with E-state index in [-0.39, 0.29) is 22.5 Å². The first kappa shape index (κ1) is 14.4. The summed E-state index contributed by atoms with van der Waals surface area (Å²) >= 11 is 6.00. The third-order valence-corrected chi connectivity index (χ3v) is 3.04. The second-order valence-corrected chi connectivity index (χ2v) is 5.14. The zero-order chi connectivity index (χ0) is 14.9. The fourth-order valence-corrected chi connectivity index (χ4v) is 1.97. The number of halogens is 1. The lowest BCUT2D eigenvalue weighted by Crippen LogP contribution is -2.34. The van der Waals surface area contributed by atoms with E-state index in [1.54, 1.807) is 25.3 Å². The highest BCUT2D eigenvalue weighted by atomic mass is 35.5. The maximum Gasteiger partial charge on any atom is 0.358 e. The number of rotatable bonds is 4. The molecule has 0 saturated heterocycles. The van der Waals surface area contributed by atoms with Gasteiger partial charge in [0.1, 0.15) is 0 Å². The maximum absolute atomic E-state index is 11.2. The molecule has 0 spiro atoms. The Balaban J connectivity index is 2.39. The Labute approximate surface area is 121 Å². The molecular formula is C12H15ClN4O3. The minimum absolute atomic E-state index is 0.00951. The molecule has 0 amide bonds. The molecule has 1 atom stereocenters. The molecule has 1 aliphatic heterocycles. The molecule has 20 heavy (non-hydrogen) atoms.